The molecule has 2 atom stereocenters. The lowest BCUT2D eigenvalue weighted by Gasteiger charge is -2.29. The molecule has 1 fully saturated rings. The summed E-state index contributed by atoms with van der Waals surface area (Å²) in [6.45, 7) is 6.11. The van der Waals surface area contributed by atoms with Crippen molar-refractivity contribution in [1.82, 2.24) is 5.32 Å². The van der Waals surface area contributed by atoms with E-state index in [-0.39, 0.29) is 6.04 Å². The Balaban J connectivity index is 2.01. The van der Waals surface area contributed by atoms with E-state index in [0.29, 0.717) is 5.92 Å². The number of anilines is 1. The molecule has 0 saturated heterocycles. The molecule has 2 amide bonds. The van der Waals surface area contributed by atoms with Crippen molar-refractivity contribution in [1.29, 1.82) is 0 Å². The fraction of sp³-hybridized carbons (Fsp3) is 0.556. The minimum absolute atomic E-state index is 0.120. The lowest BCUT2D eigenvalue weighted by Crippen LogP contribution is -2.45. The summed E-state index contributed by atoms with van der Waals surface area (Å²) >= 11 is 0. The van der Waals surface area contributed by atoms with Crippen LogP contribution in [0.5, 0.6) is 0 Å². The number of para-hydroxylation sites is 1. The topological polar surface area (TPSA) is 58.2 Å². The molecule has 2 rings (SSSR count). The smallest absolute Gasteiger partial charge is 0.313 e. The zero-order valence-electron chi connectivity index (χ0n) is 13.7. The zero-order chi connectivity index (χ0) is 16.1. The van der Waals surface area contributed by atoms with Crippen molar-refractivity contribution in [2.75, 3.05) is 5.32 Å². The number of benzene rings is 1. The summed E-state index contributed by atoms with van der Waals surface area (Å²) < 4.78 is 0. The molecule has 1 saturated carbocycles. The molecule has 4 nitrogen and oxygen atoms in total. The summed E-state index contributed by atoms with van der Waals surface area (Å²) in [5, 5.41) is 5.68. The van der Waals surface area contributed by atoms with Gasteiger partial charge in [-0.3, -0.25) is 9.59 Å². The van der Waals surface area contributed by atoms with Crippen LogP contribution in [-0.2, 0) is 16.0 Å². The Bertz CT molecular complexity index is 554. The first-order chi connectivity index (χ1) is 10.5. The van der Waals surface area contributed by atoms with Crippen LogP contribution in [0.15, 0.2) is 18.2 Å². The first kappa shape index (κ1) is 16.5. The number of carbonyl (C=O) groups is 2. The summed E-state index contributed by atoms with van der Waals surface area (Å²) in [5.74, 6) is -0.652. The van der Waals surface area contributed by atoms with Gasteiger partial charge in [0.15, 0.2) is 0 Å². The predicted molar refractivity (Wildman–Crippen MR) is 88.7 cm³/mol. The summed E-state index contributed by atoms with van der Waals surface area (Å²) in [4.78, 5) is 24.3. The van der Waals surface area contributed by atoms with Crippen molar-refractivity contribution >= 4 is 17.5 Å². The number of amides is 2. The zero-order valence-corrected chi connectivity index (χ0v) is 13.7. The van der Waals surface area contributed by atoms with Crippen molar-refractivity contribution in [2.24, 2.45) is 5.92 Å². The Labute approximate surface area is 132 Å². The minimum Gasteiger partial charge on any atom is -0.345 e. The Morgan fingerprint density at radius 1 is 1.18 bits per heavy atom. The molecule has 4 heteroatoms. The monoisotopic (exact) mass is 302 g/mol. The Kier molecular flexibility index (Phi) is 5.58. The van der Waals surface area contributed by atoms with Crippen molar-refractivity contribution < 1.29 is 9.59 Å². The number of hydrogen-bond acceptors (Lipinski definition) is 2. The fourth-order valence-corrected chi connectivity index (χ4v) is 3.14. The third kappa shape index (κ3) is 3.87. The average molecular weight is 302 g/mol. The van der Waals surface area contributed by atoms with Gasteiger partial charge in [-0.1, -0.05) is 44.9 Å². The maximum Gasteiger partial charge on any atom is 0.313 e. The maximum absolute atomic E-state index is 12.2. The molecule has 1 aliphatic carbocycles. The van der Waals surface area contributed by atoms with Crippen LogP contribution in [0.25, 0.3) is 0 Å². The van der Waals surface area contributed by atoms with Crippen LogP contribution in [0, 0.1) is 12.8 Å². The maximum atomic E-state index is 12.2. The number of aryl methyl sites for hydroxylation is 2. The quantitative estimate of drug-likeness (QED) is 0.842. The van der Waals surface area contributed by atoms with E-state index < -0.39 is 11.8 Å². The van der Waals surface area contributed by atoms with Crippen molar-refractivity contribution in [2.45, 2.75) is 58.9 Å². The van der Waals surface area contributed by atoms with E-state index in [1.165, 1.54) is 6.42 Å². The van der Waals surface area contributed by atoms with Gasteiger partial charge in [0.25, 0.3) is 0 Å². The van der Waals surface area contributed by atoms with Crippen LogP contribution in [0.2, 0.25) is 0 Å². The molecule has 1 aromatic carbocycles. The lowest BCUT2D eigenvalue weighted by molar-refractivity contribution is -0.137. The van der Waals surface area contributed by atoms with E-state index in [4.69, 9.17) is 0 Å². The molecule has 0 bridgehead atoms. The van der Waals surface area contributed by atoms with Crippen LogP contribution >= 0.6 is 0 Å². The molecule has 120 valence electrons. The summed E-state index contributed by atoms with van der Waals surface area (Å²) in [6.07, 6.45) is 5.23. The van der Waals surface area contributed by atoms with Gasteiger partial charge in [-0.05, 0) is 43.2 Å². The number of rotatable bonds is 3. The number of hydrogen-bond donors (Lipinski definition) is 2. The van der Waals surface area contributed by atoms with Crippen molar-refractivity contribution in [3.05, 3.63) is 29.3 Å². The molecule has 0 radical (unpaired) electrons. The van der Waals surface area contributed by atoms with Gasteiger partial charge in [-0.25, -0.2) is 0 Å². The lowest BCUT2D eigenvalue weighted by atomic mass is 9.86. The Hall–Kier alpha value is -1.84. The Morgan fingerprint density at radius 3 is 2.59 bits per heavy atom. The van der Waals surface area contributed by atoms with Crippen LogP contribution in [0.1, 0.15) is 50.7 Å². The molecule has 2 unspecified atom stereocenters. The van der Waals surface area contributed by atoms with Crippen molar-refractivity contribution in [3.8, 4) is 0 Å². The molecule has 0 spiro atoms. The molecule has 1 aromatic rings. The van der Waals surface area contributed by atoms with Crippen LogP contribution in [-0.4, -0.2) is 17.9 Å². The third-order valence-electron chi connectivity index (χ3n) is 4.61. The third-order valence-corrected chi connectivity index (χ3v) is 4.61. The van der Waals surface area contributed by atoms with E-state index in [1.807, 2.05) is 32.0 Å². The first-order valence-electron chi connectivity index (χ1n) is 8.23. The van der Waals surface area contributed by atoms with Gasteiger partial charge in [0.1, 0.15) is 0 Å². The molecule has 1 aliphatic rings. The number of nitrogens with one attached hydrogen (secondary N) is 2. The molecule has 0 aromatic heterocycles. The van der Waals surface area contributed by atoms with Crippen LogP contribution in [0.4, 0.5) is 5.69 Å². The average Bonchev–Trinajstić information content (AvgIpc) is 2.51. The second-order valence-corrected chi connectivity index (χ2v) is 6.26. The highest BCUT2D eigenvalue weighted by Gasteiger charge is 2.25. The summed E-state index contributed by atoms with van der Waals surface area (Å²) in [5.41, 5.74) is 2.79. The molecule has 2 N–H and O–H groups in total. The molecular formula is C18H26N2O2. The standard InChI is InChI=1S/C18H26N2O2/c1-4-14-10-7-9-13(3)16(14)20-18(22)17(21)19-15-11-6-5-8-12(15)2/h7,9-10,12,15H,4-6,8,11H2,1-3H3,(H,19,21)(H,20,22). The second-order valence-electron chi connectivity index (χ2n) is 6.26. The van der Waals surface area contributed by atoms with Gasteiger partial charge < -0.3 is 10.6 Å². The molecular weight excluding hydrogens is 276 g/mol. The summed E-state index contributed by atoms with van der Waals surface area (Å²) in [6, 6.07) is 6.00. The highest BCUT2D eigenvalue weighted by Crippen LogP contribution is 2.24. The SMILES string of the molecule is CCc1cccc(C)c1NC(=O)C(=O)NC1CCCCC1C. The van der Waals surface area contributed by atoms with Crippen LogP contribution in [0.3, 0.4) is 0 Å². The van der Waals surface area contributed by atoms with Gasteiger partial charge in [0, 0.05) is 11.7 Å². The summed E-state index contributed by atoms with van der Waals surface area (Å²) in [7, 11) is 0. The molecule has 0 heterocycles. The fourth-order valence-electron chi connectivity index (χ4n) is 3.14. The predicted octanol–water partition coefficient (Wildman–Crippen LogP) is 3.19. The van der Waals surface area contributed by atoms with E-state index in [9.17, 15) is 9.59 Å². The highest BCUT2D eigenvalue weighted by molar-refractivity contribution is 6.39. The minimum atomic E-state index is -0.568. The van der Waals surface area contributed by atoms with Crippen molar-refractivity contribution in [3.63, 3.8) is 0 Å². The number of carbonyl (C=O) groups excluding carboxylic acids is 2. The van der Waals surface area contributed by atoms with E-state index in [0.717, 1.165) is 42.5 Å². The van der Waals surface area contributed by atoms with Gasteiger partial charge in [-0.2, -0.15) is 0 Å². The molecule has 0 aliphatic heterocycles. The largest absolute Gasteiger partial charge is 0.345 e. The first-order valence-corrected chi connectivity index (χ1v) is 8.23. The van der Waals surface area contributed by atoms with E-state index >= 15 is 0 Å². The molecule has 22 heavy (non-hydrogen) atoms. The van der Waals surface area contributed by atoms with E-state index in [2.05, 4.69) is 17.6 Å². The van der Waals surface area contributed by atoms with Gasteiger partial charge in [0.05, 0.1) is 0 Å². The van der Waals surface area contributed by atoms with Gasteiger partial charge >= 0.3 is 11.8 Å². The van der Waals surface area contributed by atoms with Crippen LogP contribution < -0.4 is 10.6 Å². The van der Waals surface area contributed by atoms with E-state index in [1.54, 1.807) is 0 Å². The van der Waals surface area contributed by atoms with Gasteiger partial charge in [-0.15, -0.1) is 0 Å². The normalized spacial score (nSPS) is 21.2. The highest BCUT2D eigenvalue weighted by atomic mass is 16.2. The Morgan fingerprint density at radius 2 is 1.91 bits per heavy atom. The van der Waals surface area contributed by atoms with Gasteiger partial charge in [0.2, 0.25) is 0 Å². The second kappa shape index (κ2) is 7.43.